The van der Waals surface area contributed by atoms with Crippen LogP contribution in [0, 0.1) is 6.92 Å². The van der Waals surface area contributed by atoms with Gasteiger partial charge in [0.05, 0.1) is 6.61 Å². The highest BCUT2D eigenvalue weighted by molar-refractivity contribution is 5.80. The summed E-state index contributed by atoms with van der Waals surface area (Å²) in [4.78, 5) is 3.23. The molecule has 62 valence electrons. The van der Waals surface area contributed by atoms with Crippen molar-refractivity contribution in [2.24, 2.45) is 0 Å². The fourth-order valence-corrected chi connectivity index (χ4v) is 1.43. The van der Waals surface area contributed by atoms with Gasteiger partial charge in [-0.25, -0.2) is 0 Å². The summed E-state index contributed by atoms with van der Waals surface area (Å²) in [6.45, 7) is 2.14. The number of H-pyrrole nitrogens is 1. The Labute approximate surface area is 70.8 Å². The van der Waals surface area contributed by atoms with E-state index in [4.69, 9.17) is 5.11 Å². The lowest BCUT2D eigenvalue weighted by atomic mass is 10.2. The van der Waals surface area contributed by atoms with Gasteiger partial charge >= 0.3 is 0 Å². The third kappa shape index (κ3) is 1.10. The molecule has 0 bridgehead atoms. The zero-order valence-corrected chi connectivity index (χ0v) is 6.96. The van der Waals surface area contributed by atoms with Crippen LogP contribution >= 0.6 is 0 Å². The van der Waals surface area contributed by atoms with Gasteiger partial charge in [-0.2, -0.15) is 0 Å². The maximum atomic E-state index is 8.89. The van der Waals surface area contributed by atoms with Gasteiger partial charge in [0.2, 0.25) is 0 Å². The van der Waals surface area contributed by atoms with E-state index in [2.05, 4.69) is 11.1 Å². The molecule has 2 heteroatoms. The molecule has 0 amide bonds. The molecule has 2 nitrogen and oxygen atoms in total. The molecule has 0 saturated heterocycles. The Balaban J connectivity index is 2.66. The highest BCUT2D eigenvalue weighted by Crippen LogP contribution is 2.16. The molecule has 0 aliphatic rings. The number of aliphatic hydroxyl groups excluding tert-OH is 1. The number of hydrogen-bond donors (Lipinski definition) is 2. The molecule has 0 fully saturated rings. The van der Waals surface area contributed by atoms with Crippen LogP contribution in [0.5, 0.6) is 0 Å². The summed E-state index contributed by atoms with van der Waals surface area (Å²) in [5, 5.41) is 10.1. The molecule has 0 radical (unpaired) electrons. The molecule has 0 aliphatic heterocycles. The number of nitrogens with one attached hydrogen (secondary N) is 1. The Bertz CT molecular complexity index is 403. The van der Waals surface area contributed by atoms with Crippen LogP contribution in [0.15, 0.2) is 24.3 Å². The quantitative estimate of drug-likeness (QED) is 0.659. The van der Waals surface area contributed by atoms with Gasteiger partial charge in [-0.1, -0.05) is 6.07 Å². The van der Waals surface area contributed by atoms with Crippen LogP contribution in [0.3, 0.4) is 0 Å². The van der Waals surface area contributed by atoms with E-state index in [1.54, 1.807) is 0 Å². The SMILES string of the molecule is Cc1cc2cc(CO)ccc2[nH]1. The molecule has 0 unspecified atom stereocenters. The molecule has 0 atom stereocenters. The normalized spacial score (nSPS) is 10.8. The summed E-state index contributed by atoms with van der Waals surface area (Å²) in [5.74, 6) is 0. The number of benzene rings is 1. The minimum absolute atomic E-state index is 0.111. The summed E-state index contributed by atoms with van der Waals surface area (Å²) in [6, 6.07) is 8.00. The largest absolute Gasteiger partial charge is 0.392 e. The Hall–Kier alpha value is -1.28. The lowest BCUT2D eigenvalue weighted by Gasteiger charge is -1.94. The van der Waals surface area contributed by atoms with E-state index < -0.39 is 0 Å². The van der Waals surface area contributed by atoms with E-state index in [9.17, 15) is 0 Å². The van der Waals surface area contributed by atoms with Crippen molar-refractivity contribution in [1.29, 1.82) is 0 Å². The van der Waals surface area contributed by atoms with Crippen molar-refractivity contribution in [3.8, 4) is 0 Å². The van der Waals surface area contributed by atoms with Crippen molar-refractivity contribution in [3.05, 3.63) is 35.5 Å². The van der Waals surface area contributed by atoms with E-state index in [1.807, 2.05) is 25.1 Å². The molecule has 1 aromatic carbocycles. The van der Waals surface area contributed by atoms with Gasteiger partial charge in [-0.3, -0.25) is 0 Å². The minimum Gasteiger partial charge on any atom is -0.392 e. The zero-order chi connectivity index (χ0) is 8.55. The molecule has 1 aromatic heterocycles. The smallest absolute Gasteiger partial charge is 0.0682 e. The second kappa shape index (κ2) is 2.64. The van der Waals surface area contributed by atoms with Gasteiger partial charge in [0.1, 0.15) is 0 Å². The summed E-state index contributed by atoms with van der Waals surface area (Å²) < 4.78 is 0. The molecular formula is C10H11NO. The first-order chi connectivity index (χ1) is 5.79. The standard InChI is InChI=1S/C10H11NO/c1-7-4-9-5-8(6-12)2-3-10(9)11-7/h2-5,11-12H,6H2,1H3. The number of aliphatic hydroxyl groups is 1. The first-order valence-corrected chi connectivity index (χ1v) is 3.99. The number of aromatic amines is 1. The Morgan fingerprint density at radius 2 is 2.17 bits per heavy atom. The highest BCUT2D eigenvalue weighted by atomic mass is 16.3. The minimum atomic E-state index is 0.111. The van der Waals surface area contributed by atoms with Crippen LogP contribution in [-0.2, 0) is 6.61 Å². The Morgan fingerprint density at radius 3 is 2.92 bits per heavy atom. The highest BCUT2D eigenvalue weighted by Gasteiger charge is 1.97. The van der Waals surface area contributed by atoms with E-state index >= 15 is 0 Å². The molecule has 0 saturated carbocycles. The van der Waals surface area contributed by atoms with Crippen LogP contribution < -0.4 is 0 Å². The van der Waals surface area contributed by atoms with Crippen LogP contribution in [0.4, 0.5) is 0 Å². The zero-order valence-electron chi connectivity index (χ0n) is 6.96. The Morgan fingerprint density at radius 1 is 1.33 bits per heavy atom. The van der Waals surface area contributed by atoms with Crippen molar-refractivity contribution >= 4 is 10.9 Å². The fourth-order valence-electron chi connectivity index (χ4n) is 1.43. The van der Waals surface area contributed by atoms with Crippen LogP contribution in [0.25, 0.3) is 10.9 Å². The van der Waals surface area contributed by atoms with Gasteiger partial charge in [-0.15, -0.1) is 0 Å². The third-order valence-corrected chi connectivity index (χ3v) is 2.00. The number of aromatic nitrogens is 1. The van der Waals surface area contributed by atoms with Crippen LogP contribution in [-0.4, -0.2) is 10.1 Å². The average Bonchev–Trinajstić information content (AvgIpc) is 2.43. The molecule has 2 rings (SSSR count). The topological polar surface area (TPSA) is 36.0 Å². The molecule has 2 N–H and O–H groups in total. The number of hydrogen-bond acceptors (Lipinski definition) is 1. The van der Waals surface area contributed by atoms with Crippen molar-refractivity contribution in [1.82, 2.24) is 4.98 Å². The molecule has 1 heterocycles. The predicted molar refractivity (Wildman–Crippen MR) is 49.0 cm³/mol. The lowest BCUT2D eigenvalue weighted by Crippen LogP contribution is -1.80. The van der Waals surface area contributed by atoms with Gasteiger partial charge < -0.3 is 10.1 Å². The van der Waals surface area contributed by atoms with E-state index in [1.165, 1.54) is 5.39 Å². The van der Waals surface area contributed by atoms with Crippen LogP contribution in [0.2, 0.25) is 0 Å². The first kappa shape index (κ1) is 7.37. The fraction of sp³-hybridized carbons (Fsp3) is 0.200. The van der Waals surface area contributed by atoms with Crippen molar-refractivity contribution < 1.29 is 5.11 Å². The van der Waals surface area contributed by atoms with E-state index in [0.717, 1.165) is 16.8 Å². The van der Waals surface area contributed by atoms with Crippen molar-refractivity contribution in [3.63, 3.8) is 0 Å². The van der Waals surface area contributed by atoms with Crippen LogP contribution in [0.1, 0.15) is 11.3 Å². The van der Waals surface area contributed by atoms with Crippen molar-refractivity contribution in [2.75, 3.05) is 0 Å². The summed E-state index contributed by atoms with van der Waals surface area (Å²) >= 11 is 0. The average molecular weight is 161 g/mol. The van der Waals surface area contributed by atoms with Gasteiger partial charge in [-0.05, 0) is 36.1 Å². The molecule has 12 heavy (non-hydrogen) atoms. The van der Waals surface area contributed by atoms with Gasteiger partial charge in [0.25, 0.3) is 0 Å². The molecule has 2 aromatic rings. The molecule has 0 aliphatic carbocycles. The molecular weight excluding hydrogens is 150 g/mol. The second-order valence-corrected chi connectivity index (χ2v) is 3.03. The lowest BCUT2D eigenvalue weighted by molar-refractivity contribution is 0.282. The first-order valence-electron chi connectivity index (χ1n) is 3.99. The monoisotopic (exact) mass is 161 g/mol. The van der Waals surface area contributed by atoms with E-state index in [0.29, 0.717) is 0 Å². The third-order valence-electron chi connectivity index (χ3n) is 2.00. The number of fused-ring (bicyclic) bond motifs is 1. The predicted octanol–water partition coefficient (Wildman–Crippen LogP) is 1.97. The Kier molecular flexibility index (Phi) is 1.62. The van der Waals surface area contributed by atoms with Gasteiger partial charge in [0.15, 0.2) is 0 Å². The maximum Gasteiger partial charge on any atom is 0.0682 e. The van der Waals surface area contributed by atoms with Crippen molar-refractivity contribution in [2.45, 2.75) is 13.5 Å². The second-order valence-electron chi connectivity index (χ2n) is 3.03. The summed E-state index contributed by atoms with van der Waals surface area (Å²) in [6.07, 6.45) is 0. The summed E-state index contributed by atoms with van der Waals surface area (Å²) in [7, 11) is 0. The van der Waals surface area contributed by atoms with Gasteiger partial charge in [0, 0.05) is 11.2 Å². The van der Waals surface area contributed by atoms with E-state index in [-0.39, 0.29) is 6.61 Å². The number of rotatable bonds is 1. The molecule has 0 spiro atoms. The summed E-state index contributed by atoms with van der Waals surface area (Å²) in [5.41, 5.74) is 3.24. The number of aryl methyl sites for hydroxylation is 1. The maximum absolute atomic E-state index is 8.89.